The van der Waals surface area contributed by atoms with E-state index in [0.717, 1.165) is 12.8 Å². The highest BCUT2D eigenvalue weighted by Crippen LogP contribution is 2.50. The zero-order valence-corrected chi connectivity index (χ0v) is 29.3. The predicted molar refractivity (Wildman–Crippen MR) is 225 cm³/mol. The van der Waals surface area contributed by atoms with Crippen LogP contribution in [0.4, 0.5) is 0 Å². The Balaban J connectivity index is 1.16. The molecule has 0 aromatic heterocycles. The largest absolute Gasteiger partial charge is 0.363 e. The lowest BCUT2D eigenvalue weighted by Gasteiger charge is -2.25. The van der Waals surface area contributed by atoms with E-state index >= 15 is 0 Å². The number of hydrogen-bond acceptors (Lipinski definition) is 2. The number of benzene rings is 9. The lowest BCUT2D eigenvalue weighted by atomic mass is 9.81. The van der Waals surface area contributed by atoms with E-state index in [-0.39, 0.29) is 0 Å². The Morgan fingerprint density at radius 1 is 0.415 bits per heavy atom. The normalized spacial score (nSPS) is 15.4. The number of rotatable bonds is 4. The van der Waals surface area contributed by atoms with Crippen molar-refractivity contribution in [3.63, 3.8) is 0 Å². The Hall–Kier alpha value is -6.64. The van der Waals surface area contributed by atoms with Crippen molar-refractivity contribution in [2.75, 3.05) is 0 Å². The zero-order chi connectivity index (χ0) is 34.9. The summed E-state index contributed by atoms with van der Waals surface area (Å²) in [4.78, 5) is 2.30. The lowest BCUT2D eigenvalue weighted by molar-refractivity contribution is 0.331. The third-order valence-corrected chi connectivity index (χ3v) is 11.5. The molecule has 250 valence electrons. The van der Waals surface area contributed by atoms with Gasteiger partial charge < -0.3 is 10.2 Å². The lowest BCUT2D eigenvalue weighted by Crippen LogP contribution is -2.34. The first-order valence-electron chi connectivity index (χ1n) is 18.7. The summed E-state index contributed by atoms with van der Waals surface area (Å²) >= 11 is 0. The summed E-state index contributed by atoms with van der Waals surface area (Å²) in [6, 6.07) is 60.8. The first-order chi connectivity index (χ1) is 26.3. The molecular formula is C51H36N2. The molecule has 0 saturated carbocycles. The predicted octanol–water partition coefficient (Wildman–Crippen LogP) is 13.3. The fourth-order valence-corrected chi connectivity index (χ4v) is 9.09. The second-order valence-electron chi connectivity index (χ2n) is 14.4. The van der Waals surface area contributed by atoms with Crippen LogP contribution in [0.1, 0.15) is 18.4 Å². The van der Waals surface area contributed by atoms with Gasteiger partial charge in [0.15, 0.2) is 0 Å². The minimum atomic E-state index is 0.351. The van der Waals surface area contributed by atoms with Gasteiger partial charge in [-0.1, -0.05) is 164 Å². The van der Waals surface area contributed by atoms with Gasteiger partial charge >= 0.3 is 0 Å². The van der Waals surface area contributed by atoms with Crippen molar-refractivity contribution in [2.45, 2.75) is 19.0 Å². The van der Waals surface area contributed by atoms with E-state index in [0.29, 0.717) is 6.17 Å². The quantitative estimate of drug-likeness (QED) is 0.187. The fourth-order valence-electron chi connectivity index (χ4n) is 9.09. The number of nitrogens with one attached hydrogen (secondary N) is 1. The van der Waals surface area contributed by atoms with Crippen LogP contribution in [0.5, 0.6) is 0 Å². The summed E-state index contributed by atoms with van der Waals surface area (Å²) in [7, 11) is 0. The summed E-state index contributed by atoms with van der Waals surface area (Å²) < 4.78 is 0. The molecule has 9 aromatic rings. The van der Waals surface area contributed by atoms with Crippen LogP contribution in [-0.4, -0.2) is 11.1 Å². The average Bonchev–Trinajstić information content (AvgIpc) is 3.67. The smallest absolute Gasteiger partial charge is 0.103 e. The van der Waals surface area contributed by atoms with Gasteiger partial charge in [-0.25, -0.2) is 0 Å². The van der Waals surface area contributed by atoms with Crippen LogP contribution in [0.3, 0.4) is 0 Å². The summed E-state index contributed by atoms with van der Waals surface area (Å²) in [5.41, 5.74) is 10.0. The van der Waals surface area contributed by atoms with Gasteiger partial charge in [0, 0.05) is 12.4 Å². The monoisotopic (exact) mass is 676 g/mol. The molecule has 11 rings (SSSR count). The van der Waals surface area contributed by atoms with Crippen molar-refractivity contribution in [1.29, 1.82) is 0 Å². The van der Waals surface area contributed by atoms with E-state index in [1.807, 2.05) is 0 Å². The molecular weight excluding hydrogens is 641 g/mol. The number of nitrogens with zero attached hydrogens (tertiary/aromatic N) is 1. The maximum absolute atomic E-state index is 3.74. The van der Waals surface area contributed by atoms with E-state index in [2.05, 4.69) is 192 Å². The van der Waals surface area contributed by atoms with Crippen molar-refractivity contribution in [3.8, 4) is 33.4 Å². The molecule has 0 spiro atoms. The second-order valence-corrected chi connectivity index (χ2v) is 14.4. The average molecular weight is 677 g/mol. The minimum absolute atomic E-state index is 0.351. The minimum Gasteiger partial charge on any atom is -0.363 e. The highest BCUT2D eigenvalue weighted by molar-refractivity contribution is 6.30. The SMILES string of the molecule is C1=CN2C=C(c3ccc(-c4c5ccccc5c(-c5c6ccccc6c(-c6ccc7ccccc7c6)c6ccccc56)c5ccccc45)cc3)NC2CC1. The standard InChI is InChI=1S/C51H36N2/c1-2-14-36-31-37(29-24-33(36)13-1)49-40-17-5-9-21-44(40)51(45-22-10-6-18-41(45)49)50-42-19-7-3-15-38(42)48(39-16-4-8-20-43(39)50)35-27-25-34(26-28-35)46-32-53-30-12-11-23-47(53)52-46/h1-10,12-22,24-32,47,52H,11,23H2. The third kappa shape index (κ3) is 4.72. The van der Waals surface area contributed by atoms with Crippen molar-refractivity contribution in [3.05, 3.63) is 188 Å². The van der Waals surface area contributed by atoms with Crippen LogP contribution in [0, 0.1) is 0 Å². The summed E-state index contributed by atoms with van der Waals surface area (Å²) in [6.07, 6.45) is 9.29. The molecule has 53 heavy (non-hydrogen) atoms. The molecule has 0 saturated heterocycles. The van der Waals surface area contributed by atoms with E-state index in [1.54, 1.807) is 0 Å². The molecule has 0 fully saturated rings. The van der Waals surface area contributed by atoms with Gasteiger partial charge in [0.25, 0.3) is 0 Å². The Kier molecular flexibility index (Phi) is 6.78. The van der Waals surface area contributed by atoms with Crippen LogP contribution < -0.4 is 5.32 Å². The number of hydrogen-bond donors (Lipinski definition) is 1. The molecule has 9 aromatic carbocycles. The molecule has 1 unspecified atom stereocenters. The molecule has 2 nitrogen and oxygen atoms in total. The molecule has 2 aliphatic rings. The first-order valence-corrected chi connectivity index (χ1v) is 18.7. The molecule has 2 aliphatic heterocycles. The van der Waals surface area contributed by atoms with Crippen molar-refractivity contribution in [2.24, 2.45) is 0 Å². The van der Waals surface area contributed by atoms with Crippen molar-refractivity contribution in [1.82, 2.24) is 10.2 Å². The van der Waals surface area contributed by atoms with Gasteiger partial charge in [0.1, 0.15) is 6.17 Å². The summed E-state index contributed by atoms with van der Waals surface area (Å²) in [5.74, 6) is 0. The molecule has 1 atom stereocenters. The number of allylic oxidation sites excluding steroid dienone is 1. The maximum atomic E-state index is 3.74. The van der Waals surface area contributed by atoms with E-state index in [4.69, 9.17) is 0 Å². The molecule has 0 radical (unpaired) electrons. The Bertz CT molecular complexity index is 2870. The molecule has 1 N–H and O–H groups in total. The van der Waals surface area contributed by atoms with Gasteiger partial charge in [-0.05, 0) is 112 Å². The van der Waals surface area contributed by atoms with E-state index < -0.39 is 0 Å². The van der Waals surface area contributed by atoms with Crippen LogP contribution in [-0.2, 0) is 0 Å². The highest BCUT2D eigenvalue weighted by Gasteiger charge is 2.25. The molecule has 2 heteroatoms. The zero-order valence-electron chi connectivity index (χ0n) is 29.3. The maximum Gasteiger partial charge on any atom is 0.103 e. The Morgan fingerprint density at radius 2 is 0.849 bits per heavy atom. The van der Waals surface area contributed by atoms with Crippen LogP contribution >= 0.6 is 0 Å². The summed E-state index contributed by atoms with van der Waals surface area (Å²) in [5, 5.41) is 16.4. The van der Waals surface area contributed by atoms with Gasteiger partial charge in [-0.2, -0.15) is 0 Å². The molecule has 0 aliphatic carbocycles. The second kappa shape index (κ2) is 12.0. The molecule has 2 heterocycles. The fraction of sp³-hybridized carbons (Fsp3) is 0.0588. The van der Waals surface area contributed by atoms with Crippen molar-refractivity contribution >= 4 is 59.6 Å². The van der Waals surface area contributed by atoms with Crippen LogP contribution in [0.2, 0.25) is 0 Å². The Morgan fingerprint density at radius 3 is 1.38 bits per heavy atom. The van der Waals surface area contributed by atoms with Gasteiger partial charge in [-0.3, -0.25) is 0 Å². The van der Waals surface area contributed by atoms with Gasteiger partial charge in [-0.15, -0.1) is 0 Å². The highest BCUT2D eigenvalue weighted by atomic mass is 15.3. The Labute approximate surface area is 308 Å². The molecule has 0 bridgehead atoms. The van der Waals surface area contributed by atoms with E-state index in [1.165, 1.54) is 98.5 Å². The third-order valence-electron chi connectivity index (χ3n) is 11.5. The van der Waals surface area contributed by atoms with Crippen LogP contribution in [0.25, 0.3) is 92.9 Å². The van der Waals surface area contributed by atoms with Crippen molar-refractivity contribution < 1.29 is 0 Å². The molecule has 0 amide bonds. The number of fused-ring (bicyclic) bond motifs is 6. The topological polar surface area (TPSA) is 15.3 Å². The summed E-state index contributed by atoms with van der Waals surface area (Å²) in [6.45, 7) is 0. The van der Waals surface area contributed by atoms with Gasteiger partial charge in [0.05, 0.1) is 5.70 Å². The van der Waals surface area contributed by atoms with Gasteiger partial charge in [0.2, 0.25) is 0 Å². The van der Waals surface area contributed by atoms with E-state index in [9.17, 15) is 0 Å². The first kappa shape index (κ1) is 30.0. The van der Waals surface area contributed by atoms with Crippen LogP contribution in [0.15, 0.2) is 182 Å².